The summed E-state index contributed by atoms with van der Waals surface area (Å²) < 4.78 is 0. The van der Waals surface area contributed by atoms with Crippen molar-refractivity contribution in [2.45, 2.75) is 57.1 Å². The SMILES string of the molecule is O=C(CN1C(=O)CC[C@@H]1CCCN1CCCC1)N1CCC(O)C1. The van der Waals surface area contributed by atoms with Gasteiger partial charge in [0.15, 0.2) is 0 Å². The molecule has 0 aromatic carbocycles. The van der Waals surface area contributed by atoms with Gasteiger partial charge in [-0.1, -0.05) is 0 Å². The average molecular weight is 323 g/mol. The van der Waals surface area contributed by atoms with Crippen molar-refractivity contribution in [2.75, 3.05) is 39.3 Å². The molecular weight excluding hydrogens is 294 g/mol. The van der Waals surface area contributed by atoms with Crippen LogP contribution in [-0.2, 0) is 9.59 Å². The molecule has 0 saturated carbocycles. The number of rotatable bonds is 6. The number of hydrogen-bond donors (Lipinski definition) is 1. The molecule has 2 atom stereocenters. The van der Waals surface area contributed by atoms with Crippen LogP contribution in [0.25, 0.3) is 0 Å². The van der Waals surface area contributed by atoms with Crippen molar-refractivity contribution in [1.82, 2.24) is 14.7 Å². The lowest BCUT2D eigenvalue weighted by atomic mass is 10.1. The molecule has 6 nitrogen and oxygen atoms in total. The highest BCUT2D eigenvalue weighted by Gasteiger charge is 2.34. The second kappa shape index (κ2) is 7.62. The summed E-state index contributed by atoms with van der Waals surface area (Å²) >= 11 is 0. The highest BCUT2D eigenvalue weighted by molar-refractivity contribution is 5.86. The molecule has 23 heavy (non-hydrogen) atoms. The molecule has 3 heterocycles. The van der Waals surface area contributed by atoms with Crippen molar-refractivity contribution in [3.05, 3.63) is 0 Å². The van der Waals surface area contributed by atoms with Gasteiger partial charge in [0.2, 0.25) is 11.8 Å². The summed E-state index contributed by atoms with van der Waals surface area (Å²) in [6, 6.07) is 0.224. The third-order valence-electron chi connectivity index (χ3n) is 5.48. The molecule has 3 aliphatic heterocycles. The number of amides is 2. The maximum atomic E-state index is 12.3. The molecule has 3 aliphatic rings. The van der Waals surface area contributed by atoms with E-state index in [2.05, 4.69) is 4.90 Å². The normalized spacial score (nSPS) is 29.0. The Balaban J connectivity index is 1.45. The van der Waals surface area contributed by atoms with E-state index < -0.39 is 6.10 Å². The Labute approximate surface area is 138 Å². The fourth-order valence-electron chi connectivity index (χ4n) is 4.08. The molecule has 3 fully saturated rings. The molecule has 130 valence electrons. The molecule has 0 aliphatic carbocycles. The second-order valence-electron chi connectivity index (χ2n) is 7.19. The van der Waals surface area contributed by atoms with Crippen molar-refractivity contribution in [2.24, 2.45) is 0 Å². The molecule has 2 amide bonds. The van der Waals surface area contributed by atoms with Gasteiger partial charge in [-0.15, -0.1) is 0 Å². The number of nitrogens with zero attached hydrogens (tertiary/aromatic N) is 3. The Bertz CT molecular complexity index is 437. The fraction of sp³-hybridized carbons (Fsp3) is 0.882. The van der Waals surface area contributed by atoms with Crippen LogP contribution in [0.5, 0.6) is 0 Å². The minimum absolute atomic E-state index is 0.0126. The second-order valence-corrected chi connectivity index (χ2v) is 7.19. The molecule has 1 unspecified atom stereocenters. The standard InChI is InChI=1S/C17H29N3O3/c21-15-7-11-19(12-15)17(23)13-20-14(5-6-16(20)22)4-3-10-18-8-1-2-9-18/h14-15,21H,1-13H2/t14-,15?/m0/s1. The molecule has 0 radical (unpaired) electrons. The summed E-state index contributed by atoms with van der Waals surface area (Å²) in [6.07, 6.45) is 6.43. The van der Waals surface area contributed by atoms with E-state index in [1.165, 1.54) is 25.9 Å². The summed E-state index contributed by atoms with van der Waals surface area (Å²) in [7, 11) is 0. The van der Waals surface area contributed by atoms with Crippen LogP contribution in [0, 0.1) is 0 Å². The van der Waals surface area contributed by atoms with Crippen LogP contribution < -0.4 is 0 Å². The van der Waals surface area contributed by atoms with Crippen molar-refractivity contribution in [1.29, 1.82) is 0 Å². The topological polar surface area (TPSA) is 64.1 Å². The fourth-order valence-corrected chi connectivity index (χ4v) is 4.08. The molecule has 0 aromatic heterocycles. The van der Waals surface area contributed by atoms with Crippen LogP contribution in [0.3, 0.4) is 0 Å². The highest BCUT2D eigenvalue weighted by atomic mass is 16.3. The molecule has 3 rings (SSSR count). The summed E-state index contributed by atoms with van der Waals surface area (Å²) in [5.74, 6) is 0.102. The number of carbonyl (C=O) groups excluding carboxylic acids is 2. The van der Waals surface area contributed by atoms with Crippen LogP contribution in [0.2, 0.25) is 0 Å². The number of β-amino-alcohol motifs (C(OH)–C–C–N with tert-alkyl or cyclic N) is 1. The van der Waals surface area contributed by atoms with Gasteiger partial charge in [-0.3, -0.25) is 9.59 Å². The first kappa shape index (κ1) is 16.7. The van der Waals surface area contributed by atoms with Gasteiger partial charge in [-0.25, -0.2) is 0 Å². The lowest BCUT2D eigenvalue weighted by Gasteiger charge is -2.27. The van der Waals surface area contributed by atoms with E-state index in [9.17, 15) is 14.7 Å². The number of hydrogen-bond acceptors (Lipinski definition) is 4. The van der Waals surface area contributed by atoms with E-state index in [1.807, 2.05) is 0 Å². The molecule has 6 heteroatoms. The zero-order valence-electron chi connectivity index (χ0n) is 14.0. The third kappa shape index (κ3) is 4.23. The van der Waals surface area contributed by atoms with Gasteiger partial charge in [-0.2, -0.15) is 0 Å². The summed E-state index contributed by atoms with van der Waals surface area (Å²) in [5, 5.41) is 9.55. The zero-order chi connectivity index (χ0) is 16.2. The van der Waals surface area contributed by atoms with E-state index in [4.69, 9.17) is 0 Å². The minimum Gasteiger partial charge on any atom is -0.391 e. The lowest BCUT2D eigenvalue weighted by molar-refractivity contribution is -0.139. The number of carbonyl (C=O) groups is 2. The smallest absolute Gasteiger partial charge is 0.242 e. The Morgan fingerprint density at radius 2 is 1.96 bits per heavy atom. The molecule has 0 bridgehead atoms. The van der Waals surface area contributed by atoms with E-state index in [-0.39, 0.29) is 24.4 Å². The quantitative estimate of drug-likeness (QED) is 0.771. The summed E-state index contributed by atoms with van der Waals surface area (Å²) in [5.41, 5.74) is 0. The van der Waals surface area contributed by atoms with Crippen molar-refractivity contribution in [3.63, 3.8) is 0 Å². The first-order chi connectivity index (χ1) is 11.1. The molecule has 1 N–H and O–H groups in total. The van der Waals surface area contributed by atoms with Crippen LogP contribution in [0.4, 0.5) is 0 Å². The van der Waals surface area contributed by atoms with E-state index >= 15 is 0 Å². The van der Waals surface area contributed by atoms with Gasteiger partial charge < -0.3 is 19.8 Å². The van der Waals surface area contributed by atoms with E-state index in [0.717, 1.165) is 25.8 Å². The van der Waals surface area contributed by atoms with Crippen LogP contribution in [0.1, 0.15) is 44.9 Å². The van der Waals surface area contributed by atoms with Gasteiger partial charge in [0.1, 0.15) is 6.54 Å². The van der Waals surface area contributed by atoms with Gasteiger partial charge >= 0.3 is 0 Å². The predicted molar refractivity (Wildman–Crippen MR) is 86.8 cm³/mol. The van der Waals surface area contributed by atoms with Crippen LogP contribution >= 0.6 is 0 Å². The number of aliphatic hydroxyl groups excluding tert-OH is 1. The Morgan fingerprint density at radius 3 is 2.65 bits per heavy atom. The van der Waals surface area contributed by atoms with Gasteiger partial charge in [0.25, 0.3) is 0 Å². The molecule has 3 saturated heterocycles. The van der Waals surface area contributed by atoms with Crippen molar-refractivity contribution < 1.29 is 14.7 Å². The molecule has 0 aromatic rings. The van der Waals surface area contributed by atoms with Gasteiger partial charge in [0.05, 0.1) is 6.10 Å². The Morgan fingerprint density at radius 1 is 1.17 bits per heavy atom. The summed E-state index contributed by atoms with van der Waals surface area (Å²) in [4.78, 5) is 30.4. The monoisotopic (exact) mass is 323 g/mol. The van der Waals surface area contributed by atoms with Crippen LogP contribution in [0.15, 0.2) is 0 Å². The number of likely N-dealkylation sites (tertiary alicyclic amines) is 3. The first-order valence-corrected chi connectivity index (χ1v) is 9.11. The maximum Gasteiger partial charge on any atom is 0.242 e. The average Bonchev–Trinajstić information content (AvgIpc) is 3.25. The first-order valence-electron chi connectivity index (χ1n) is 9.11. The molecule has 0 spiro atoms. The highest BCUT2D eigenvalue weighted by Crippen LogP contribution is 2.23. The summed E-state index contributed by atoms with van der Waals surface area (Å²) in [6.45, 7) is 4.76. The van der Waals surface area contributed by atoms with Gasteiger partial charge in [-0.05, 0) is 58.2 Å². The Kier molecular flexibility index (Phi) is 5.54. The van der Waals surface area contributed by atoms with Crippen LogP contribution in [-0.4, -0.2) is 83.0 Å². The largest absolute Gasteiger partial charge is 0.391 e. The Hall–Kier alpha value is -1.14. The molecular formula is C17H29N3O3. The van der Waals surface area contributed by atoms with Crippen molar-refractivity contribution in [3.8, 4) is 0 Å². The lowest BCUT2D eigenvalue weighted by Crippen LogP contribution is -2.43. The van der Waals surface area contributed by atoms with E-state index in [0.29, 0.717) is 25.9 Å². The maximum absolute atomic E-state index is 12.3. The third-order valence-corrected chi connectivity index (χ3v) is 5.48. The zero-order valence-corrected chi connectivity index (χ0v) is 14.0. The number of aliphatic hydroxyl groups is 1. The minimum atomic E-state index is -0.399. The van der Waals surface area contributed by atoms with E-state index in [1.54, 1.807) is 9.80 Å². The predicted octanol–water partition coefficient (Wildman–Crippen LogP) is 0.447. The van der Waals surface area contributed by atoms with Crippen molar-refractivity contribution >= 4 is 11.8 Å². The van der Waals surface area contributed by atoms with Gasteiger partial charge in [0, 0.05) is 25.6 Å².